The van der Waals surface area contributed by atoms with E-state index in [1.165, 1.54) is 0 Å². The van der Waals surface area contributed by atoms with Gasteiger partial charge in [0.05, 0.1) is 5.88 Å². The molecule has 0 saturated heterocycles. The van der Waals surface area contributed by atoms with Crippen molar-refractivity contribution in [3.05, 3.63) is 42.0 Å². The lowest BCUT2D eigenvalue weighted by Crippen LogP contribution is -1.76. The van der Waals surface area contributed by atoms with Crippen LogP contribution in [0.5, 0.6) is 0 Å². The van der Waals surface area contributed by atoms with Crippen molar-refractivity contribution in [2.45, 2.75) is 0 Å². The smallest absolute Gasteiger partial charge is 0.0839 e. The molecule has 0 aromatic heterocycles. The van der Waals surface area contributed by atoms with Gasteiger partial charge in [-0.25, -0.2) is 0 Å². The number of benzene rings is 1. The second-order valence-electron chi connectivity index (χ2n) is 2.26. The van der Waals surface area contributed by atoms with Crippen LogP contribution in [0.2, 0.25) is 0 Å². The Labute approximate surface area is 77.9 Å². The maximum atomic E-state index is 5.43. The number of hydrogen-bond acceptors (Lipinski definition) is 0. The molecule has 60 valence electrons. The predicted molar refractivity (Wildman–Crippen MR) is 54.1 cm³/mol. The van der Waals surface area contributed by atoms with Crippen molar-refractivity contribution in [2.75, 3.05) is 5.88 Å². The van der Waals surface area contributed by atoms with E-state index < -0.39 is 0 Å². The Morgan fingerprint density at radius 1 is 1.50 bits per heavy atom. The number of rotatable bonds is 1. The fraction of sp³-hybridized carbons (Fsp3) is 0.0909. The monoisotopic (exact) mass is 176 g/mol. The molecule has 0 N–H and O–H groups in total. The van der Waals surface area contributed by atoms with E-state index in [1.807, 2.05) is 24.3 Å². The molecule has 0 nitrogen and oxygen atoms in total. The van der Waals surface area contributed by atoms with Crippen molar-refractivity contribution in [1.29, 1.82) is 0 Å². The van der Waals surface area contributed by atoms with E-state index in [-0.39, 0.29) is 0 Å². The van der Waals surface area contributed by atoms with Gasteiger partial charge in [-0.15, -0.1) is 11.6 Å². The molecule has 1 aromatic rings. The molecular formula is C11H9Cl. The zero-order chi connectivity index (χ0) is 8.81. The fourth-order valence-electron chi connectivity index (χ4n) is 0.879. The van der Waals surface area contributed by atoms with E-state index in [4.69, 9.17) is 11.6 Å². The highest BCUT2D eigenvalue weighted by Crippen LogP contribution is 2.04. The Balaban J connectivity index is 2.93. The molecular weight excluding hydrogens is 168 g/mol. The van der Waals surface area contributed by atoms with Gasteiger partial charge in [-0.3, -0.25) is 0 Å². The molecule has 0 saturated carbocycles. The van der Waals surface area contributed by atoms with Gasteiger partial charge in [0.2, 0.25) is 0 Å². The summed E-state index contributed by atoms with van der Waals surface area (Å²) >= 11 is 5.43. The summed E-state index contributed by atoms with van der Waals surface area (Å²) in [6.07, 6.45) is 1.80. The van der Waals surface area contributed by atoms with Crippen molar-refractivity contribution >= 4 is 17.7 Å². The summed E-state index contributed by atoms with van der Waals surface area (Å²) in [6, 6.07) is 7.87. The second-order valence-corrected chi connectivity index (χ2v) is 2.53. The van der Waals surface area contributed by atoms with Gasteiger partial charge in [0.15, 0.2) is 0 Å². The lowest BCUT2D eigenvalue weighted by Gasteiger charge is -1.92. The normalized spacial score (nSPS) is 8.42. The van der Waals surface area contributed by atoms with E-state index in [2.05, 4.69) is 18.4 Å². The maximum absolute atomic E-state index is 5.43. The molecule has 0 bridgehead atoms. The Morgan fingerprint density at radius 3 is 3.00 bits per heavy atom. The first-order chi connectivity index (χ1) is 5.86. The molecule has 0 radical (unpaired) electrons. The van der Waals surface area contributed by atoms with Gasteiger partial charge < -0.3 is 0 Å². The fourth-order valence-corrected chi connectivity index (χ4v) is 0.946. The second kappa shape index (κ2) is 4.64. The van der Waals surface area contributed by atoms with Crippen molar-refractivity contribution in [2.24, 2.45) is 0 Å². The third-order valence-electron chi connectivity index (χ3n) is 1.42. The van der Waals surface area contributed by atoms with E-state index >= 15 is 0 Å². The Kier molecular flexibility index (Phi) is 3.44. The van der Waals surface area contributed by atoms with Gasteiger partial charge in [0, 0.05) is 5.56 Å². The molecule has 12 heavy (non-hydrogen) atoms. The molecule has 1 aromatic carbocycles. The minimum atomic E-state index is 0.373. The first kappa shape index (κ1) is 8.90. The average molecular weight is 177 g/mol. The van der Waals surface area contributed by atoms with Gasteiger partial charge in [-0.2, -0.15) is 0 Å². The highest BCUT2D eigenvalue weighted by Gasteiger charge is 1.87. The lowest BCUT2D eigenvalue weighted by atomic mass is 10.1. The Hall–Kier alpha value is -1.19. The SMILES string of the molecule is C=Cc1cccc(C#CCCl)c1. The van der Waals surface area contributed by atoms with Gasteiger partial charge >= 0.3 is 0 Å². The third kappa shape index (κ3) is 2.45. The molecule has 0 amide bonds. The summed E-state index contributed by atoms with van der Waals surface area (Å²) in [4.78, 5) is 0. The van der Waals surface area contributed by atoms with Crippen LogP contribution in [0.4, 0.5) is 0 Å². The van der Waals surface area contributed by atoms with Crippen molar-refractivity contribution in [3.8, 4) is 11.8 Å². The highest BCUT2D eigenvalue weighted by molar-refractivity contribution is 6.19. The van der Waals surface area contributed by atoms with E-state index in [9.17, 15) is 0 Å². The minimum Gasteiger partial charge on any atom is -0.113 e. The Bertz CT molecular complexity index is 328. The van der Waals surface area contributed by atoms with Crippen LogP contribution >= 0.6 is 11.6 Å². The molecule has 0 fully saturated rings. The number of halogens is 1. The summed E-state index contributed by atoms with van der Waals surface area (Å²) in [6.45, 7) is 3.68. The van der Waals surface area contributed by atoms with Crippen LogP contribution in [0.15, 0.2) is 30.8 Å². The molecule has 0 heterocycles. The largest absolute Gasteiger partial charge is 0.113 e. The zero-order valence-electron chi connectivity index (χ0n) is 6.68. The maximum Gasteiger partial charge on any atom is 0.0839 e. The molecule has 0 atom stereocenters. The average Bonchev–Trinajstić information content (AvgIpc) is 2.15. The van der Waals surface area contributed by atoms with E-state index in [0.29, 0.717) is 5.88 Å². The first-order valence-electron chi connectivity index (χ1n) is 3.64. The van der Waals surface area contributed by atoms with E-state index in [1.54, 1.807) is 6.08 Å². The molecule has 0 aliphatic rings. The lowest BCUT2D eigenvalue weighted by molar-refractivity contribution is 1.61. The van der Waals surface area contributed by atoms with Crippen LogP contribution in [0.25, 0.3) is 6.08 Å². The standard InChI is InChI=1S/C11H9Cl/c1-2-10-5-3-6-11(9-10)7-4-8-12/h2-3,5-6,9H,1,8H2. The van der Waals surface area contributed by atoms with Crippen LogP contribution in [-0.2, 0) is 0 Å². The van der Waals surface area contributed by atoms with Gasteiger partial charge in [-0.1, -0.05) is 36.6 Å². The first-order valence-corrected chi connectivity index (χ1v) is 4.17. The van der Waals surface area contributed by atoms with Crippen LogP contribution in [0.1, 0.15) is 11.1 Å². The molecule has 0 spiro atoms. The summed E-state index contributed by atoms with van der Waals surface area (Å²) in [7, 11) is 0. The van der Waals surface area contributed by atoms with Crippen LogP contribution < -0.4 is 0 Å². The molecule has 0 aliphatic carbocycles. The van der Waals surface area contributed by atoms with Crippen molar-refractivity contribution < 1.29 is 0 Å². The van der Waals surface area contributed by atoms with Crippen LogP contribution in [0, 0.1) is 11.8 Å². The predicted octanol–water partition coefficient (Wildman–Crippen LogP) is 2.92. The molecule has 1 rings (SSSR count). The summed E-state index contributed by atoms with van der Waals surface area (Å²) in [5, 5.41) is 0. The molecule has 0 unspecified atom stereocenters. The topological polar surface area (TPSA) is 0 Å². The summed E-state index contributed by atoms with van der Waals surface area (Å²) in [5.41, 5.74) is 2.06. The van der Waals surface area contributed by atoms with Crippen molar-refractivity contribution in [3.63, 3.8) is 0 Å². The highest BCUT2D eigenvalue weighted by atomic mass is 35.5. The van der Waals surface area contributed by atoms with Crippen molar-refractivity contribution in [1.82, 2.24) is 0 Å². The summed E-state index contributed by atoms with van der Waals surface area (Å²) in [5.74, 6) is 6.11. The minimum absolute atomic E-state index is 0.373. The Morgan fingerprint density at radius 2 is 2.33 bits per heavy atom. The van der Waals surface area contributed by atoms with Crippen LogP contribution in [0.3, 0.4) is 0 Å². The zero-order valence-corrected chi connectivity index (χ0v) is 7.43. The molecule has 1 heteroatoms. The third-order valence-corrected chi connectivity index (χ3v) is 1.56. The van der Waals surface area contributed by atoms with E-state index in [0.717, 1.165) is 11.1 Å². The van der Waals surface area contributed by atoms with Crippen LogP contribution in [-0.4, -0.2) is 5.88 Å². The number of alkyl halides is 1. The molecule has 0 aliphatic heterocycles. The number of hydrogen-bond donors (Lipinski definition) is 0. The van der Waals surface area contributed by atoms with Gasteiger partial charge in [0.25, 0.3) is 0 Å². The quantitative estimate of drug-likeness (QED) is 0.456. The van der Waals surface area contributed by atoms with Gasteiger partial charge in [-0.05, 0) is 17.7 Å². The summed E-state index contributed by atoms with van der Waals surface area (Å²) < 4.78 is 0. The van der Waals surface area contributed by atoms with Gasteiger partial charge in [0.1, 0.15) is 0 Å².